The molecule has 82 valence electrons. The Morgan fingerprint density at radius 2 is 1.86 bits per heavy atom. The molecule has 3 heteroatoms. The molecule has 1 saturated heterocycles. The second-order valence-corrected chi connectivity index (χ2v) is 4.91. The summed E-state index contributed by atoms with van der Waals surface area (Å²) in [6, 6.07) is 1.24. The van der Waals surface area contributed by atoms with E-state index >= 15 is 0 Å². The van der Waals surface area contributed by atoms with Gasteiger partial charge >= 0.3 is 0 Å². The lowest BCUT2D eigenvalue weighted by Gasteiger charge is -2.37. The Labute approximate surface area is 86.6 Å². The molecule has 2 aliphatic rings. The Morgan fingerprint density at radius 3 is 2.36 bits per heavy atom. The van der Waals surface area contributed by atoms with E-state index < -0.39 is 0 Å². The van der Waals surface area contributed by atoms with E-state index in [1.165, 1.54) is 32.2 Å². The predicted octanol–water partition coefficient (Wildman–Crippen LogP) is 0.834. The van der Waals surface area contributed by atoms with Crippen LogP contribution in [0.15, 0.2) is 0 Å². The SMILES string of the molecule is CN(CC1COC1)[C@H]1CC[C@H](N)CC1. The number of rotatable bonds is 3. The highest BCUT2D eigenvalue weighted by molar-refractivity contribution is 4.81. The Bertz CT molecular complexity index is 174. The molecule has 0 unspecified atom stereocenters. The summed E-state index contributed by atoms with van der Waals surface area (Å²) < 4.78 is 5.19. The second kappa shape index (κ2) is 4.60. The molecule has 0 aromatic heterocycles. The molecule has 14 heavy (non-hydrogen) atoms. The molecule has 1 heterocycles. The molecule has 0 amide bonds. The van der Waals surface area contributed by atoms with Gasteiger partial charge in [-0.2, -0.15) is 0 Å². The zero-order chi connectivity index (χ0) is 9.97. The number of hydrogen-bond donors (Lipinski definition) is 1. The first-order chi connectivity index (χ1) is 6.75. The van der Waals surface area contributed by atoms with Crippen LogP contribution >= 0.6 is 0 Å². The molecule has 0 atom stereocenters. The van der Waals surface area contributed by atoms with E-state index in [9.17, 15) is 0 Å². The lowest BCUT2D eigenvalue weighted by Crippen LogP contribution is -2.44. The van der Waals surface area contributed by atoms with Gasteiger partial charge in [0, 0.05) is 24.5 Å². The van der Waals surface area contributed by atoms with E-state index in [-0.39, 0.29) is 0 Å². The maximum Gasteiger partial charge on any atom is 0.0528 e. The number of nitrogens with zero attached hydrogens (tertiary/aromatic N) is 1. The van der Waals surface area contributed by atoms with Crippen LogP contribution in [0.5, 0.6) is 0 Å². The molecule has 1 saturated carbocycles. The minimum absolute atomic E-state index is 0.465. The molecule has 0 aromatic carbocycles. The summed E-state index contributed by atoms with van der Waals surface area (Å²) in [4.78, 5) is 2.51. The van der Waals surface area contributed by atoms with Crippen molar-refractivity contribution in [3.8, 4) is 0 Å². The highest BCUT2D eigenvalue weighted by Gasteiger charge is 2.26. The Hall–Kier alpha value is -0.120. The van der Waals surface area contributed by atoms with Gasteiger partial charge < -0.3 is 15.4 Å². The van der Waals surface area contributed by atoms with Crippen molar-refractivity contribution in [3.63, 3.8) is 0 Å². The maximum atomic E-state index is 5.90. The molecular weight excluding hydrogens is 176 g/mol. The van der Waals surface area contributed by atoms with Crippen molar-refractivity contribution >= 4 is 0 Å². The molecule has 2 rings (SSSR count). The van der Waals surface area contributed by atoms with E-state index in [0.717, 1.165) is 25.2 Å². The summed E-state index contributed by atoms with van der Waals surface area (Å²) in [7, 11) is 2.25. The fraction of sp³-hybridized carbons (Fsp3) is 1.00. The van der Waals surface area contributed by atoms with Gasteiger partial charge in [0.2, 0.25) is 0 Å². The summed E-state index contributed by atoms with van der Waals surface area (Å²) in [5.74, 6) is 0.788. The molecular formula is C11H22N2O. The summed E-state index contributed by atoms with van der Waals surface area (Å²) in [5.41, 5.74) is 5.90. The van der Waals surface area contributed by atoms with Gasteiger partial charge in [-0.1, -0.05) is 0 Å². The molecule has 2 N–H and O–H groups in total. The second-order valence-electron chi connectivity index (χ2n) is 4.91. The predicted molar refractivity (Wildman–Crippen MR) is 57.2 cm³/mol. The van der Waals surface area contributed by atoms with E-state index in [1.54, 1.807) is 0 Å². The lowest BCUT2D eigenvalue weighted by atomic mass is 9.90. The van der Waals surface area contributed by atoms with Crippen LogP contribution < -0.4 is 5.73 Å². The van der Waals surface area contributed by atoms with Crippen LogP contribution in [0.1, 0.15) is 25.7 Å². The maximum absolute atomic E-state index is 5.90. The van der Waals surface area contributed by atoms with E-state index in [1.807, 2.05) is 0 Å². The van der Waals surface area contributed by atoms with Crippen molar-refractivity contribution in [2.45, 2.75) is 37.8 Å². The van der Waals surface area contributed by atoms with Crippen LogP contribution in [0, 0.1) is 5.92 Å². The van der Waals surface area contributed by atoms with Crippen LogP contribution in [-0.2, 0) is 4.74 Å². The number of hydrogen-bond acceptors (Lipinski definition) is 3. The first kappa shape index (κ1) is 10.4. The Kier molecular flexibility index (Phi) is 3.42. The standard InChI is InChI=1S/C11H22N2O/c1-13(6-9-7-14-8-9)11-4-2-10(12)3-5-11/h9-11H,2-8,12H2,1H3/t10-,11-. The highest BCUT2D eigenvalue weighted by Crippen LogP contribution is 2.22. The van der Waals surface area contributed by atoms with Crippen LogP contribution in [0.2, 0.25) is 0 Å². The topological polar surface area (TPSA) is 38.5 Å². The third-order valence-corrected chi connectivity index (χ3v) is 3.62. The Morgan fingerprint density at radius 1 is 1.21 bits per heavy atom. The summed E-state index contributed by atoms with van der Waals surface area (Å²) in [5, 5.41) is 0. The molecule has 0 aromatic rings. The van der Waals surface area contributed by atoms with E-state index in [0.29, 0.717) is 6.04 Å². The third kappa shape index (κ3) is 2.47. The van der Waals surface area contributed by atoms with Crippen LogP contribution in [0.3, 0.4) is 0 Å². The molecule has 1 aliphatic carbocycles. The van der Waals surface area contributed by atoms with Crippen molar-refractivity contribution in [3.05, 3.63) is 0 Å². The summed E-state index contributed by atoms with van der Waals surface area (Å²) >= 11 is 0. The molecule has 1 aliphatic heterocycles. The van der Waals surface area contributed by atoms with Gasteiger partial charge in [0.15, 0.2) is 0 Å². The van der Waals surface area contributed by atoms with Gasteiger partial charge in [0.05, 0.1) is 13.2 Å². The van der Waals surface area contributed by atoms with Gasteiger partial charge in [0.25, 0.3) is 0 Å². The van der Waals surface area contributed by atoms with Gasteiger partial charge in [-0.3, -0.25) is 0 Å². The average Bonchev–Trinajstić information content (AvgIpc) is 2.12. The molecule has 2 fully saturated rings. The lowest BCUT2D eigenvalue weighted by molar-refractivity contribution is -0.0497. The smallest absolute Gasteiger partial charge is 0.0528 e. The minimum Gasteiger partial charge on any atom is -0.381 e. The van der Waals surface area contributed by atoms with Crippen molar-refractivity contribution in [2.24, 2.45) is 11.7 Å². The zero-order valence-electron chi connectivity index (χ0n) is 9.11. The van der Waals surface area contributed by atoms with Crippen LogP contribution in [0.25, 0.3) is 0 Å². The van der Waals surface area contributed by atoms with Gasteiger partial charge in [0.1, 0.15) is 0 Å². The average molecular weight is 198 g/mol. The monoisotopic (exact) mass is 198 g/mol. The Balaban J connectivity index is 1.71. The first-order valence-corrected chi connectivity index (χ1v) is 5.79. The molecule has 0 bridgehead atoms. The molecule has 0 radical (unpaired) electrons. The fourth-order valence-corrected chi connectivity index (χ4v) is 2.49. The van der Waals surface area contributed by atoms with Crippen LogP contribution in [0.4, 0.5) is 0 Å². The molecule has 3 nitrogen and oxygen atoms in total. The van der Waals surface area contributed by atoms with Crippen molar-refractivity contribution in [1.29, 1.82) is 0 Å². The number of nitrogens with two attached hydrogens (primary N) is 1. The normalized spacial score (nSPS) is 34.5. The quantitative estimate of drug-likeness (QED) is 0.730. The van der Waals surface area contributed by atoms with E-state index in [2.05, 4.69) is 11.9 Å². The van der Waals surface area contributed by atoms with E-state index in [4.69, 9.17) is 10.5 Å². The van der Waals surface area contributed by atoms with Gasteiger partial charge in [-0.15, -0.1) is 0 Å². The summed E-state index contributed by atoms with van der Waals surface area (Å²) in [6.45, 7) is 3.15. The van der Waals surface area contributed by atoms with Gasteiger partial charge in [-0.25, -0.2) is 0 Å². The van der Waals surface area contributed by atoms with Gasteiger partial charge in [-0.05, 0) is 32.7 Å². The van der Waals surface area contributed by atoms with Crippen molar-refractivity contribution < 1.29 is 4.74 Å². The van der Waals surface area contributed by atoms with Crippen LogP contribution in [-0.4, -0.2) is 43.8 Å². The van der Waals surface area contributed by atoms with Crippen molar-refractivity contribution in [1.82, 2.24) is 4.90 Å². The first-order valence-electron chi connectivity index (χ1n) is 5.79. The highest BCUT2D eigenvalue weighted by atomic mass is 16.5. The molecule has 0 spiro atoms. The largest absolute Gasteiger partial charge is 0.381 e. The van der Waals surface area contributed by atoms with Crippen molar-refractivity contribution in [2.75, 3.05) is 26.8 Å². The summed E-state index contributed by atoms with van der Waals surface area (Å²) in [6.07, 6.45) is 4.98. The fourth-order valence-electron chi connectivity index (χ4n) is 2.49. The number of ether oxygens (including phenoxy) is 1. The zero-order valence-corrected chi connectivity index (χ0v) is 9.11. The third-order valence-electron chi connectivity index (χ3n) is 3.62. The minimum atomic E-state index is 0.465.